The van der Waals surface area contributed by atoms with E-state index in [9.17, 15) is 9.59 Å². The Morgan fingerprint density at radius 3 is 2.55 bits per heavy atom. The fourth-order valence-corrected chi connectivity index (χ4v) is 2.50. The van der Waals surface area contributed by atoms with Crippen LogP contribution in [0.25, 0.3) is 0 Å². The molecule has 1 aromatic heterocycles. The molecule has 0 spiro atoms. The molecule has 6 heteroatoms. The van der Waals surface area contributed by atoms with Crippen LogP contribution in [0.15, 0.2) is 34.7 Å². The Hall–Kier alpha value is -2.76. The fraction of sp³-hybridized carbons (Fsp3) is 0.250. The zero-order valence-corrected chi connectivity index (χ0v) is 12.5. The summed E-state index contributed by atoms with van der Waals surface area (Å²) < 4.78 is 5.36. The summed E-state index contributed by atoms with van der Waals surface area (Å²) in [7, 11) is 0. The van der Waals surface area contributed by atoms with Gasteiger partial charge in [-0.25, -0.2) is 4.79 Å². The molecule has 3 rings (SSSR count). The fourth-order valence-electron chi connectivity index (χ4n) is 2.50. The van der Waals surface area contributed by atoms with E-state index in [0.717, 1.165) is 5.69 Å². The van der Waals surface area contributed by atoms with Crippen molar-refractivity contribution >= 4 is 23.3 Å². The molecule has 0 bridgehead atoms. The van der Waals surface area contributed by atoms with Gasteiger partial charge in [0.1, 0.15) is 11.5 Å². The highest BCUT2D eigenvalue weighted by atomic mass is 16.3. The summed E-state index contributed by atoms with van der Waals surface area (Å²) in [5.41, 5.74) is 2.01. The number of anilines is 2. The van der Waals surface area contributed by atoms with Gasteiger partial charge in [-0.1, -0.05) is 0 Å². The maximum Gasteiger partial charge on any atom is 0.321 e. The minimum atomic E-state index is -0.207. The molecule has 1 saturated heterocycles. The molecule has 2 aromatic rings. The number of carbonyl (C=O) groups excluding carboxylic acids is 2. The predicted octanol–water partition coefficient (Wildman–Crippen LogP) is 2.68. The molecule has 0 unspecified atom stereocenters. The Morgan fingerprint density at radius 2 is 2.00 bits per heavy atom. The van der Waals surface area contributed by atoms with Crippen molar-refractivity contribution in [3.8, 4) is 0 Å². The van der Waals surface area contributed by atoms with Crippen LogP contribution in [0.3, 0.4) is 0 Å². The summed E-state index contributed by atoms with van der Waals surface area (Å²) in [5.74, 6) is 1.10. The number of nitrogens with zero attached hydrogens (tertiary/aromatic N) is 1. The Kier molecular flexibility index (Phi) is 3.58. The lowest BCUT2D eigenvalue weighted by Gasteiger charge is -2.14. The van der Waals surface area contributed by atoms with E-state index in [2.05, 4.69) is 10.6 Å². The normalized spacial score (nSPS) is 14.1. The van der Waals surface area contributed by atoms with Crippen molar-refractivity contribution in [3.63, 3.8) is 0 Å². The van der Waals surface area contributed by atoms with Crippen molar-refractivity contribution in [2.45, 2.75) is 13.8 Å². The van der Waals surface area contributed by atoms with E-state index in [1.54, 1.807) is 36.9 Å². The van der Waals surface area contributed by atoms with E-state index in [-0.39, 0.29) is 11.9 Å². The van der Waals surface area contributed by atoms with Gasteiger partial charge in [-0.15, -0.1) is 0 Å². The predicted molar refractivity (Wildman–Crippen MR) is 83.3 cm³/mol. The smallest absolute Gasteiger partial charge is 0.321 e. The van der Waals surface area contributed by atoms with E-state index >= 15 is 0 Å². The molecule has 0 radical (unpaired) electrons. The zero-order valence-electron chi connectivity index (χ0n) is 12.5. The van der Waals surface area contributed by atoms with Gasteiger partial charge in [-0.2, -0.15) is 0 Å². The van der Waals surface area contributed by atoms with Crippen molar-refractivity contribution < 1.29 is 14.0 Å². The monoisotopic (exact) mass is 299 g/mol. The van der Waals surface area contributed by atoms with Crippen LogP contribution in [0.2, 0.25) is 0 Å². The quantitative estimate of drug-likeness (QED) is 0.915. The number of amides is 3. The summed E-state index contributed by atoms with van der Waals surface area (Å²) in [6.45, 7) is 4.87. The molecule has 2 N–H and O–H groups in total. The van der Waals surface area contributed by atoms with Gasteiger partial charge in [0.05, 0.1) is 5.56 Å². The summed E-state index contributed by atoms with van der Waals surface area (Å²) in [6, 6.07) is 8.80. The SMILES string of the molecule is Cc1cc(C(=O)Nc2ccc(N3CCNC3=O)cc2)c(C)o1. The first-order valence-corrected chi connectivity index (χ1v) is 7.08. The van der Waals surface area contributed by atoms with Crippen LogP contribution in [0.5, 0.6) is 0 Å². The summed E-state index contributed by atoms with van der Waals surface area (Å²) in [4.78, 5) is 25.5. The Labute approximate surface area is 128 Å². The van der Waals surface area contributed by atoms with Gasteiger partial charge >= 0.3 is 6.03 Å². The molecule has 0 aliphatic carbocycles. The highest BCUT2D eigenvalue weighted by molar-refractivity contribution is 6.05. The number of hydrogen-bond acceptors (Lipinski definition) is 3. The number of carbonyl (C=O) groups is 2. The maximum absolute atomic E-state index is 12.2. The highest BCUT2D eigenvalue weighted by Gasteiger charge is 2.21. The lowest BCUT2D eigenvalue weighted by atomic mass is 10.2. The van der Waals surface area contributed by atoms with Crippen molar-refractivity contribution in [1.29, 1.82) is 0 Å². The molecule has 114 valence electrons. The molecule has 0 saturated carbocycles. The number of aryl methyl sites for hydroxylation is 2. The average molecular weight is 299 g/mol. The van der Waals surface area contributed by atoms with E-state index in [4.69, 9.17) is 4.42 Å². The van der Waals surface area contributed by atoms with Gasteiger partial charge in [-0.05, 0) is 44.2 Å². The van der Waals surface area contributed by atoms with Crippen LogP contribution in [0, 0.1) is 13.8 Å². The largest absolute Gasteiger partial charge is 0.466 e. The first-order chi connectivity index (χ1) is 10.5. The van der Waals surface area contributed by atoms with Gasteiger partial charge in [-0.3, -0.25) is 9.69 Å². The molecular weight excluding hydrogens is 282 g/mol. The van der Waals surface area contributed by atoms with Crippen molar-refractivity contribution in [1.82, 2.24) is 5.32 Å². The topological polar surface area (TPSA) is 74.6 Å². The van der Waals surface area contributed by atoms with Crippen LogP contribution in [0.1, 0.15) is 21.9 Å². The number of hydrogen-bond donors (Lipinski definition) is 2. The molecule has 22 heavy (non-hydrogen) atoms. The Bertz CT molecular complexity index is 719. The number of benzene rings is 1. The molecule has 1 aromatic carbocycles. The van der Waals surface area contributed by atoms with Gasteiger partial charge in [0.15, 0.2) is 0 Å². The Morgan fingerprint density at radius 1 is 1.27 bits per heavy atom. The minimum Gasteiger partial charge on any atom is -0.466 e. The van der Waals surface area contributed by atoms with Gasteiger partial charge in [0.25, 0.3) is 5.91 Å². The van der Waals surface area contributed by atoms with Crippen molar-refractivity contribution in [2.75, 3.05) is 23.3 Å². The second kappa shape index (κ2) is 5.55. The molecule has 0 atom stereocenters. The molecule has 2 heterocycles. The molecule has 6 nitrogen and oxygen atoms in total. The van der Waals surface area contributed by atoms with E-state index in [1.165, 1.54) is 0 Å². The molecule has 1 aliphatic heterocycles. The zero-order chi connectivity index (χ0) is 15.7. The molecule has 1 fully saturated rings. The maximum atomic E-state index is 12.2. The first kappa shape index (κ1) is 14.2. The average Bonchev–Trinajstić information content (AvgIpc) is 3.05. The summed E-state index contributed by atoms with van der Waals surface area (Å²) in [5, 5.41) is 5.58. The van der Waals surface area contributed by atoms with Gasteiger partial charge in [0, 0.05) is 24.5 Å². The lowest BCUT2D eigenvalue weighted by Crippen LogP contribution is -2.27. The second-order valence-electron chi connectivity index (χ2n) is 5.21. The molecule has 3 amide bonds. The van der Waals surface area contributed by atoms with Crippen LogP contribution in [-0.2, 0) is 0 Å². The summed E-state index contributed by atoms with van der Waals surface area (Å²) >= 11 is 0. The van der Waals surface area contributed by atoms with Crippen LogP contribution in [-0.4, -0.2) is 25.0 Å². The van der Waals surface area contributed by atoms with Crippen LogP contribution in [0.4, 0.5) is 16.2 Å². The number of rotatable bonds is 3. The Balaban J connectivity index is 1.72. The van der Waals surface area contributed by atoms with E-state index in [0.29, 0.717) is 35.9 Å². The molecular formula is C16H17N3O3. The number of urea groups is 1. The van der Waals surface area contributed by atoms with Crippen LogP contribution >= 0.6 is 0 Å². The molecule has 1 aliphatic rings. The third kappa shape index (κ3) is 2.67. The van der Waals surface area contributed by atoms with Crippen molar-refractivity contribution in [3.05, 3.63) is 47.4 Å². The van der Waals surface area contributed by atoms with E-state index < -0.39 is 0 Å². The number of nitrogens with one attached hydrogen (secondary N) is 2. The minimum absolute atomic E-state index is 0.0960. The standard InChI is InChI=1S/C16H17N3O3/c1-10-9-14(11(2)22-10)15(20)18-12-3-5-13(6-4-12)19-8-7-17-16(19)21/h3-6,9H,7-8H2,1-2H3,(H,17,21)(H,18,20). The lowest BCUT2D eigenvalue weighted by molar-refractivity contribution is 0.102. The van der Waals surface area contributed by atoms with Crippen molar-refractivity contribution in [2.24, 2.45) is 0 Å². The summed E-state index contributed by atoms with van der Waals surface area (Å²) in [6.07, 6.45) is 0. The van der Waals surface area contributed by atoms with Gasteiger partial charge in [0.2, 0.25) is 0 Å². The second-order valence-corrected chi connectivity index (χ2v) is 5.21. The third-order valence-electron chi connectivity index (χ3n) is 3.58. The van der Waals surface area contributed by atoms with Gasteiger partial charge < -0.3 is 15.1 Å². The van der Waals surface area contributed by atoms with E-state index in [1.807, 2.05) is 12.1 Å². The third-order valence-corrected chi connectivity index (χ3v) is 3.58. The highest BCUT2D eigenvalue weighted by Crippen LogP contribution is 2.21. The first-order valence-electron chi connectivity index (χ1n) is 7.08. The van der Waals surface area contributed by atoms with Crippen LogP contribution < -0.4 is 15.5 Å². The number of furan rings is 1.